The lowest BCUT2D eigenvalue weighted by atomic mass is 10.0. The molecule has 1 aliphatic carbocycles. The molecule has 0 aromatic heterocycles. The molecule has 1 aromatic rings. The van der Waals surface area contributed by atoms with E-state index in [9.17, 15) is 4.79 Å². The van der Waals surface area contributed by atoms with Crippen molar-refractivity contribution in [3.05, 3.63) is 30.3 Å². The molecule has 4 heteroatoms. The van der Waals surface area contributed by atoms with Gasteiger partial charge < -0.3 is 10.2 Å². The number of piperidine rings is 1. The summed E-state index contributed by atoms with van der Waals surface area (Å²) in [4.78, 5) is 14.3. The first-order valence-corrected chi connectivity index (χ1v) is 9.14. The highest BCUT2D eigenvalue weighted by Gasteiger charge is 2.23. The highest BCUT2D eigenvalue weighted by molar-refractivity contribution is 7.99. The van der Waals surface area contributed by atoms with Crippen LogP contribution in [0.25, 0.3) is 0 Å². The number of nitrogens with one attached hydrogen (secondary N) is 1. The summed E-state index contributed by atoms with van der Waals surface area (Å²) in [5.74, 6) is 2.92. The second kappa shape index (κ2) is 7.21. The van der Waals surface area contributed by atoms with Gasteiger partial charge in [0.15, 0.2) is 0 Å². The molecule has 1 N–H and O–H groups in total. The van der Waals surface area contributed by atoms with Gasteiger partial charge >= 0.3 is 0 Å². The van der Waals surface area contributed by atoms with Gasteiger partial charge in [-0.15, -0.1) is 0 Å². The van der Waals surface area contributed by atoms with Crippen molar-refractivity contribution >= 4 is 23.4 Å². The van der Waals surface area contributed by atoms with Crippen LogP contribution in [0.4, 0.5) is 5.69 Å². The Morgan fingerprint density at radius 3 is 2.52 bits per heavy atom. The minimum absolute atomic E-state index is 0.221. The third-order valence-corrected chi connectivity index (χ3v) is 5.44. The average Bonchev–Trinajstić information content (AvgIpc) is 3.33. The maximum absolute atomic E-state index is 11.9. The number of carbonyl (C=O) groups is 1. The number of nitrogens with zero attached hydrogens (tertiary/aromatic N) is 1. The molecule has 1 aromatic carbocycles. The predicted molar refractivity (Wildman–Crippen MR) is 89.9 cm³/mol. The Bertz CT molecular complexity index is 453. The first-order chi connectivity index (χ1) is 10.3. The van der Waals surface area contributed by atoms with Crippen LogP contribution in [0, 0.1) is 5.92 Å². The van der Waals surface area contributed by atoms with Crippen molar-refractivity contribution in [1.29, 1.82) is 0 Å². The zero-order valence-electron chi connectivity index (χ0n) is 12.5. The molecule has 0 atom stereocenters. The fourth-order valence-electron chi connectivity index (χ4n) is 2.79. The first-order valence-electron chi connectivity index (χ1n) is 7.98. The number of hydrogen-bond acceptors (Lipinski definition) is 3. The van der Waals surface area contributed by atoms with Crippen LogP contribution in [-0.4, -0.2) is 36.5 Å². The number of rotatable bonds is 6. The summed E-state index contributed by atoms with van der Waals surface area (Å²) in [5.41, 5.74) is 1.29. The molecule has 0 spiro atoms. The van der Waals surface area contributed by atoms with Gasteiger partial charge in [0.2, 0.25) is 5.91 Å². The second-order valence-electron chi connectivity index (χ2n) is 6.12. The van der Waals surface area contributed by atoms with E-state index < -0.39 is 0 Å². The second-order valence-corrected chi connectivity index (χ2v) is 7.15. The van der Waals surface area contributed by atoms with Crippen molar-refractivity contribution in [3.63, 3.8) is 0 Å². The third kappa shape index (κ3) is 4.67. The normalized spacial score (nSPS) is 19.5. The number of anilines is 1. The molecule has 0 radical (unpaired) electrons. The Kier molecular flexibility index (Phi) is 5.07. The topological polar surface area (TPSA) is 32.3 Å². The summed E-state index contributed by atoms with van der Waals surface area (Å²) in [6, 6.07) is 10.9. The molecule has 2 fully saturated rings. The van der Waals surface area contributed by atoms with E-state index in [-0.39, 0.29) is 5.91 Å². The Hall–Kier alpha value is -1.16. The average molecular weight is 304 g/mol. The van der Waals surface area contributed by atoms with E-state index >= 15 is 0 Å². The molecule has 3 rings (SSSR count). The van der Waals surface area contributed by atoms with Crippen LogP contribution in [-0.2, 0) is 4.79 Å². The number of thioether (sulfide) groups is 1. The Balaban J connectivity index is 1.36. The number of hydrogen-bond donors (Lipinski definition) is 1. The lowest BCUT2D eigenvalue weighted by Gasteiger charge is -2.34. The van der Waals surface area contributed by atoms with Gasteiger partial charge in [-0.2, -0.15) is 11.8 Å². The molecule has 0 unspecified atom stereocenters. The third-order valence-electron chi connectivity index (χ3n) is 4.27. The van der Waals surface area contributed by atoms with Crippen molar-refractivity contribution in [2.45, 2.75) is 31.7 Å². The Labute approximate surface area is 131 Å². The highest BCUT2D eigenvalue weighted by Crippen LogP contribution is 2.32. The van der Waals surface area contributed by atoms with Crippen LogP contribution >= 0.6 is 11.8 Å². The zero-order chi connectivity index (χ0) is 14.5. The van der Waals surface area contributed by atoms with Gasteiger partial charge in [0.1, 0.15) is 0 Å². The number of para-hydroxylation sites is 1. The molecular weight excluding hydrogens is 280 g/mol. The molecule has 1 saturated heterocycles. The van der Waals surface area contributed by atoms with Gasteiger partial charge in [-0.3, -0.25) is 4.79 Å². The maximum atomic E-state index is 11.9. The molecule has 1 heterocycles. The smallest absolute Gasteiger partial charge is 0.230 e. The van der Waals surface area contributed by atoms with E-state index in [0.717, 1.165) is 31.8 Å². The summed E-state index contributed by atoms with van der Waals surface area (Å²) >= 11 is 1.80. The number of benzene rings is 1. The van der Waals surface area contributed by atoms with Crippen molar-refractivity contribution in [2.24, 2.45) is 5.92 Å². The monoisotopic (exact) mass is 304 g/mol. The highest BCUT2D eigenvalue weighted by atomic mass is 32.2. The minimum Gasteiger partial charge on any atom is -0.371 e. The summed E-state index contributed by atoms with van der Waals surface area (Å²) in [6.45, 7) is 2.06. The van der Waals surface area contributed by atoms with E-state index in [1.807, 2.05) is 0 Å². The Morgan fingerprint density at radius 1 is 1.14 bits per heavy atom. The van der Waals surface area contributed by atoms with Crippen molar-refractivity contribution in [2.75, 3.05) is 29.5 Å². The van der Waals surface area contributed by atoms with Gasteiger partial charge in [-0.1, -0.05) is 18.2 Å². The first kappa shape index (κ1) is 14.8. The van der Waals surface area contributed by atoms with Crippen molar-refractivity contribution < 1.29 is 4.79 Å². The molecule has 3 nitrogen and oxygen atoms in total. The van der Waals surface area contributed by atoms with E-state index in [1.165, 1.54) is 24.3 Å². The zero-order valence-corrected chi connectivity index (χ0v) is 13.3. The van der Waals surface area contributed by atoms with Crippen molar-refractivity contribution in [1.82, 2.24) is 5.32 Å². The quantitative estimate of drug-likeness (QED) is 0.877. The van der Waals surface area contributed by atoms with Crippen molar-refractivity contribution in [3.8, 4) is 0 Å². The predicted octanol–water partition coefficient (Wildman–Crippen LogP) is 2.91. The molecule has 2 aliphatic rings. The van der Waals surface area contributed by atoms with Crippen LogP contribution in [0.3, 0.4) is 0 Å². The van der Waals surface area contributed by atoms with Gasteiger partial charge in [-0.05, 0) is 49.5 Å². The van der Waals surface area contributed by atoms with Crippen LogP contribution in [0.5, 0.6) is 0 Å². The Morgan fingerprint density at radius 2 is 1.86 bits per heavy atom. The molecule has 114 valence electrons. The lowest BCUT2D eigenvalue weighted by molar-refractivity contribution is -0.119. The molecule has 1 aliphatic heterocycles. The maximum Gasteiger partial charge on any atom is 0.230 e. The van der Waals surface area contributed by atoms with Crippen LogP contribution < -0.4 is 10.2 Å². The van der Waals surface area contributed by atoms with E-state index in [1.54, 1.807) is 11.8 Å². The van der Waals surface area contributed by atoms with Crippen LogP contribution in [0.15, 0.2) is 30.3 Å². The number of carbonyl (C=O) groups excluding carboxylic acids is 1. The SMILES string of the molecule is O=C(CSCC1CC1)NC1CCN(c2ccccc2)CC1. The van der Waals surface area contributed by atoms with Crippen LogP contribution in [0.2, 0.25) is 0 Å². The molecule has 1 saturated carbocycles. The summed E-state index contributed by atoms with van der Waals surface area (Å²) in [5, 5.41) is 3.20. The van der Waals surface area contributed by atoms with Crippen LogP contribution in [0.1, 0.15) is 25.7 Å². The molecule has 1 amide bonds. The molecule has 21 heavy (non-hydrogen) atoms. The van der Waals surface area contributed by atoms with Gasteiger partial charge in [0.05, 0.1) is 5.75 Å². The summed E-state index contributed by atoms with van der Waals surface area (Å²) in [7, 11) is 0. The van der Waals surface area contributed by atoms with E-state index in [4.69, 9.17) is 0 Å². The lowest BCUT2D eigenvalue weighted by Crippen LogP contribution is -2.45. The number of amides is 1. The standard InChI is InChI=1S/C17H24N2OS/c20-17(13-21-12-14-6-7-14)18-15-8-10-19(11-9-15)16-4-2-1-3-5-16/h1-5,14-15H,6-13H2,(H,18,20). The minimum atomic E-state index is 0.221. The summed E-state index contributed by atoms with van der Waals surface area (Å²) in [6.07, 6.45) is 4.83. The van der Waals surface area contributed by atoms with Gasteiger partial charge in [0, 0.05) is 24.8 Å². The van der Waals surface area contributed by atoms with Gasteiger partial charge in [0.25, 0.3) is 0 Å². The summed E-state index contributed by atoms with van der Waals surface area (Å²) < 4.78 is 0. The van der Waals surface area contributed by atoms with E-state index in [2.05, 4.69) is 40.5 Å². The molecular formula is C17H24N2OS. The van der Waals surface area contributed by atoms with E-state index in [0.29, 0.717) is 11.8 Å². The molecule has 0 bridgehead atoms. The fourth-order valence-corrected chi connectivity index (χ4v) is 3.85. The van der Waals surface area contributed by atoms with Gasteiger partial charge in [-0.25, -0.2) is 0 Å². The fraction of sp³-hybridized carbons (Fsp3) is 0.588. The largest absolute Gasteiger partial charge is 0.371 e.